The molecular weight excluding hydrogens is 530 g/mol. The largest absolute Gasteiger partial charge is 0.417 e. The number of hydrazine groups is 1. The fourth-order valence-corrected chi connectivity index (χ4v) is 4.66. The summed E-state index contributed by atoms with van der Waals surface area (Å²) in [5.41, 5.74) is 2.72. The number of halogens is 6. The van der Waals surface area contributed by atoms with E-state index in [-0.39, 0.29) is 36.5 Å². The van der Waals surface area contributed by atoms with Crippen molar-refractivity contribution < 1.29 is 40.7 Å². The van der Waals surface area contributed by atoms with Crippen LogP contribution in [0.1, 0.15) is 78.0 Å². The average molecular weight is 571 g/mol. The fraction of sp³-hybridized carbons (Fsp3) is 0.731. The number of nitrogens with one attached hydrogen (secondary N) is 1. The summed E-state index contributed by atoms with van der Waals surface area (Å²) < 4.78 is 75.4. The second-order valence-corrected chi connectivity index (χ2v) is 8.91. The number of nitrogens with zero attached hydrogens (tertiary/aromatic N) is 3. The minimum atomic E-state index is -4.49. The molecule has 1 unspecified atom stereocenters. The van der Waals surface area contributed by atoms with Gasteiger partial charge in [-0.2, -0.15) is 26.3 Å². The molecule has 0 radical (unpaired) electrons. The highest BCUT2D eigenvalue weighted by molar-refractivity contribution is 5.81. The normalized spacial score (nSPS) is 20.9. The van der Waals surface area contributed by atoms with Crippen molar-refractivity contribution in [2.75, 3.05) is 25.2 Å². The fourth-order valence-electron chi connectivity index (χ4n) is 4.66. The highest BCUT2D eigenvalue weighted by atomic mass is 19.4. The van der Waals surface area contributed by atoms with Gasteiger partial charge in [0.15, 0.2) is 0 Å². The molecule has 1 aromatic rings. The lowest BCUT2D eigenvalue weighted by Gasteiger charge is -2.36. The zero-order valence-electron chi connectivity index (χ0n) is 23.2. The minimum Gasteiger partial charge on any atom is -0.381 e. The summed E-state index contributed by atoms with van der Waals surface area (Å²) in [5.74, 6) is -0.400. The Morgan fingerprint density at radius 2 is 1.64 bits per heavy atom. The number of alkyl halides is 6. The molecular formula is C26H40F6N4O3. The molecule has 2 aliphatic heterocycles. The van der Waals surface area contributed by atoms with E-state index in [0.717, 1.165) is 37.9 Å². The number of hydrogen-bond acceptors (Lipinski definition) is 5. The number of hydrogen-bond donors (Lipinski definition) is 1. The molecule has 3 aliphatic rings. The first-order chi connectivity index (χ1) is 18.4. The molecule has 7 nitrogen and oxygen atoms in total. The summed E-state index contributed by atoms with van der Waals surface area (Å²) >= 11 is 0. The summed E-state index contributed by atoms with van der Waals surface area (Å²) in [6.45, 7) is 9.81. The number of amides is 2. The first kappa shape index (κ1) is 34.5. The number of carbonyl (C=O) groups is 2. The third kappa shape index (κ3) is 10.8. The maximum Gasteiger partial charge on any atom is 0.417 e. The van der Waals surface area contributed by atoms with Crippen molar-refractivity contribution in [3.8, 4) is 0 Å². The smallest absolute Gasteiger partial charge is 0.381 e. The molecule has 2 atom stereocenters. The molecule has 0 spiro atoms. The van der Waals surface area contributed by atoms with Crippen molar-refractivity contribution in [3.05, 3.63) is 23.5 Å². The summed E-state index contributed by atoms with van der Waals surface area (Å²) in [6.07, 6.45) is -2.82. The van der Waals surface area contributed by atoms with E-state index in [9.17, 15) is 35.9 Å². The molecule has 1 saturated heterocycles. The molecule has 1 N–H and O–H groups in total. The van der Waals surface area contributed by atoms with Crippen LogP contribution in [0.15, 0.2) is 12.3 Å². The van der Waals surface area contributed by atoms with E-state index in [4.69, 9.17) is 4.74 Å². The van der Waals surface area contributed by atoms with Crippen molar-refractivity contribution >= 4 is 18.0 Å². The Kier molecular flexibility index (Phi) is 14.0. The maximum atomic E-state index is 13.0. The number of rotatable bonds is 4. The third-order valence-corrected chi connectivity index (χ3v) is 6.30. The zero-order valence-corrected chi connectivity index (χ0v) is 23.2. The van der Waals surface area contributed by atoms with Crippen LogP contribution in [-0.2, 0) is 26.9 Å². The summed E-state index contributed by atoms with van der Waals surface area (Å²) in [7, 11) is 0. The van der Waals surface area contributed by atoms with Crippen LogP contribution in [0.4, 0.5) is 32.0 Å². The van der Waals surface area contributed by atoms with Gasteiger partial charge in [-0.3, -0.25) is 25.0 Å². The Labute approximate surface area is 226 Å². The minimum absolute atomic E-state index is 0.00938. The van der Waals surface area contributed by atoms with Crippen molar-refractivity contribution in [2.24, 2.45) is 5.92 Å². The average Bonchev–Trinajstić information content (AvgIpc) is 3.39. The summed E-state index contributed by atoms with van der Waals surface area (Å²) in [6, 6.07) is 1.15. The second-order valence-electron chi connectivity index (χ2n) is 8.91. The molecule has 39 heavy (non-hydrogen) atoms. The highest BCUT2D eigenvalue weighted by Crippen LogP contribution is 2.35. The molecule has 13 heteroatoms. The first-order valence-corrected chi connectivity index (χ1v) is 13.4. The maximum absolute atomic E-state index is 13.0. The van der Waals surface area contributed by atoms with Crippen LogP contribution in [0.3, 0.4) is 0 Å². The van der Waals surface area contributed by atoms with Crippen molar-refractivity contribution in [1.29, 1.82) is 0 Å². The molecule has 1 aliphatic carbocycles. The molecule has 1 saturated carbocycles. The van der Waals surface area contributed by atoms with E-state index in [1.54, 1.807) is 0 Å². The Balaban J connectivity index is 0.000000748. The predicted octanol–water partition coefficient (Wildman–Crippen LogP) is 6.24. The van der Waals surface area contributed by atoms with E-state index >= 15 is 0 Å². The van der Waals surface area contributed by atoms with Crippen molar-refractivity contribution in [2.45, 2.75) is 97.6 Å². The van der Waals surface area contributed by atoms with Gasteiger partial charge in [0.25, 0.3) is 0 Å². The van der Waals surface area contributed by atoms with Gasteiger partial charge in [-0.05, 0) is 38.2 Å². The van der Waals surface area contributed by atoms with Crippen LogP contribution in [0.2, 0.25) is 0 Å². The molecule has 1 aromatic heterocycles. The predicted molar refractivity (Wildman–Crippen MR) is 136 cm³/mol. The highest BCUT2D eigenvalue weighted by Gasteiger charge is 2.39. The Bertz CT molecular complexity index is 885. The van der Waals surface area contributed by atoms with Crippen LogP contribution >= 0.6 is 0 Å². The number of carbonyl (C=O) groups excluding carboxylic acids is 2. The Morgan fingerprint density at radius 3 is 2.18 bits per heavy atom. The van der Waals surface area contributed by atoms with Crippen LogP contribution in [0, 0.1) is 5.92 Å². The van der Waals surface area contributed by atoms with E-state index in [1.165, 1.54) is 5.01 Å². The number of pyridine rings is 1. The second kappa shape index (κ2) is 15.9. The lowest BCUT2D eigenvalue weighted by atomic mass is 10.0. The van der Waals surface area contributed by atoms with Crippen LogP contribution in [-0.4, -0.2) is 65.2 Å². The van der Waals surface area contributed by atoms with E-state index in [2.05, 4.69) is 10.4 Å². The molecule has 224 valence electrons. The zero-order chi connectivity index (χ0) is 29.8. The number of anilines is 1. The standard InChI is InChI=1S/C20H25F3N4O3.C2H3F3.2C2H6/c21-20(22,23)14-10-18-17(24-11-14)3-6-27(25-18)19(29)13-1-2-16(9-13)26(12-28)15-4-7-30-8-5-15;1-2(3,4)5;2*1-2/h10-13,15-16,25H,1-9H2;1H3;2*1-2H3/t13-,16?;;;/m0.../s1. The molecule has 2 fully saturated rings. The van der Waals surface area contributed by atoms with Crippen LogP contribution < -0.4 is 5.43 Å². The van der Waals surface area contributed by atoms with E-state index < -0.39 is 17.9 Å². The van der Waals surface area contributed by atoms with Gasteiger partial charge in [-0.25, -0.2) is 0 Å². The monoisotopic (exact) mass is 570 g/mol. The Hall–Kier alpha value is -2.57. The topological polar surface area (TPSA) is 74.8 Å². The lowest BCUT2D eigenvalue weighted by molar-refractivity contribution is -0.137. The van der Waals surface area contributed by atoms with Gasteiger partial charge in [0, 0.05) is 57.3 Å². The van der Waals surface area contributed by atoms with Crippen molar-refractivity contribution in [3.63, 3.8) is 0 Å². The molecule has 3 heterocycles. The summed E-state index contributed by atoms with van der Waals surface area (Å²) in [4.78, 5) is 30.5. The lowest BCUT2D eigenvalue weighted by Crippen LogP contribution is -2.46. The van der Waals surface area contributed by atoms with Gasteiger partial charge in [0.2, 0.25) is 12.3 Å². The third-order valence-electron chi connectivity index (χ3n) is 6.30. The van der Waals surface area contributed by atoms with Gasteiger partial charge in [0.1, 0.15) is 0 Å². The summed E-state index contributed by atoms with van der Waals surface area (Å²) in [5, 5.41) is 1.40. The number of ether oxygens (including phenoxy) is 1. The van der Waals surface area contributed by atoms with Crippen LogP contribution in [0.5, 0.6) is 0 Å². The van der Waals surface area contributed by atoms with Crippen LogP contribution in [0.25, 0.3) is 0 Å². The molecule has 4 rings (SSSR count). The molecule has 2 amide bonds. The quantitative estimate of drug-likeness (QED) is 0.343. The van der Waals surface area contributed by atoms with Gasteiger partial charge in [0.05, 0.1) is 16.9 Å². The van der Waals surface area contributed by atoms with E-state index in [1.807, 2.05) is 32.6 Å². The number of aromatic nitrogens is 1. The van der Waals surface area contributed by atoms with Crippen molar-refractivity contribution in [1.82, 2.24) is 14.9 Å². The van der Waals surface area contributed by atoms with Gasteiger partial charge in [-0.15, -0.1) is 0 Å². The van der Waals surface area contributed by atoms with E-state index in [0.29, 0.717) is 44.7 Å². The van der Waals surface area contributed by atoms with Gasteiger partial charge in [-0.1, -0.05) is 27.7 Å². The molecule has 0 aromatic carbocycles. The first-order valence-electron chi connectivity index (χ1n) is 13.4. The molecule has 0 bridgehead atoms. The number of fused-ring (bicyclic) bond motifs is 1. The SMILES string of the molecule is CC.CC.CC(F)(F)F.O=CN(C1CCOCC1)C1CC[C@H](C(=O)N2CCc3ncc(C(F)(F)F)cc3N2)C1. The van der Waals surface area contributed by atoms with Gasteiger partial charge < -0.3 is 9.64 Å². The Morgan fingerprint density at radius 1 is 1.05 bits per heavy atom. The van der Waals surface area contributed by atoms with Gasteiger partial charge >= 0.3 is 12.4 Å².